The Morgan fingerprint density at radius 3 is 2.74 bits per heavy atom. The molecule has 1 fully saturated rings. The van der Waals surface area contributed by atoms with Crippen molar-refractivity contribution in [3.8, 4) is 5.88 Å². The number of carbonyl (C=O) groups excluding carboxylic acids is 1. The largest absolute Gasteiger partial charge is 0.481 e. The number of aromatic nitrogens is 1. The Hall–Kier alpha value is -1.98. The van der Waals surface area contributed by atoms with Gasteiger partial charge in [-0.2, -0.15) is 4.98 Å². The molecule has 1 aromatic heterocycles. The number of methoxy groups -OCH3 is 1. The summed E-state index contributed by atoms with van der Waals surface area (Å²) in [5, 5.41) is 2.70. The van der Waals surface area contributed by atoms with Crippen molar-refractivity contribution in [3.05, 3.63) is 12.1 Å². The van der Waals surface area contributed by atoms with E-state index >= 15 is 0 Å². The molecule has 0 unspecified atom stereocenters. The van der Waals surface area contributed by atoms with E-state index in [4.69, 9.17) is 10.5 Å². The highest BCUT2D eigenvalue weighted by Crippen LogP contribution is 2.28. The number of ether oxygens (including phenoxy) is 1. The van der Waals surface area contributed by atoms with E-state index in [0.29, 0.717) is 11.6 Å². The highest BCUT2D eigenvalue weighted by Gasteiger charge is 2.25. The average Bonchev–Trinajstić information content (AvgIpc) is 2.47. The summed E-state index contributed by atoms with van der Waals surface area (Å²) in [5.41, 5.74) is 6.59. The molecule has 104 valence electrons. The summed E-state index contributed by atoms with van der Waals surface area (Å²) in [7, 11) is 3.26. The van der Waals surface area contributed by atoms with Gasteiger partial charge in [-0.15, -0.1) is 0 Å². The third-order valence-corrected chi connectivity index (χ3v) is 3.50. The van der Waals surface area contributed by atoms with Gasteiger partial charge in [-0.25, -0.2) is 0 Å². The number of hydrogen-bond donors (Lipinski definition) is 2. The molecule has 19 heavy (non-hydrogen) atoms. The van der Waals surface area contributed by atoms with E-state index in [9.17, 15) is 4.79 Å². The molecular weight excluding hydrogens is 244 g/mol. The molecule has 0 aromatic carbocycles. The van der Waals surface area contributed by atoms with Crippen LogP contribution < -0.4 is 20.7 Å². The second-order valence-corrected chi connectivity index (χ2v) is 4.64. The van der Waals surface area contributed by atoms with Gasteiger partial charge in [-0.3, -0.25) is 4.79 Å². The van der Waals surface area contributed by atoms with Crippen LogP contribution in [-0.4, -0.2) is 38.1 Å². The number of hydrogen-bond acceptors (Lipinski definition) is 5. The predicted molar refractivity (Wildman–Crippen MR) is 74.2 cm³/mol. The molecule has 1 amide bonds. The van der Waals surface area contributed by atoms with Gasteiger partial charge >= 0.3 is 0 Å². The van der Waals surface area contributed by atoms with Crippen molar-refractivity contribution in [1.82, 2.24) is 10.3 Å². The van der Waals surface area contributed by atoms with Gasteiger partial charge in [0.2, 0.25) is 11.8 Å². The lowest BCUT2D eigenvalue weighted by Crippen LogP contribution is -2.40. The Bertz CT molecular complexity index is 456. The van der Waals surface area contributed by atoms with E-state index in [1.54, 1.807) is 26.3 Å². The minimum atomic E-state index is 0.0908. The SMILES string of the molecule is CNC(=O)C1CCN(c2nc(OC)ccc2N)CC1. The van der Waals surface area contributed by atoms with Crippen LogP contribution in [0.4, 0.5) is 11.5 Å². The fourth-order valence-corrected chi connectivity index (χ4v) is 2.37. The molecule has 0 bridgehead atoms. The van der Waals surface area contributed by atoms with Crippen LogP contribution in [0.15, 0.2) is 12.1 Å². The van der Waals surface area contributed by atoms with Gasteiger partial charge in [0.1, 0.15) is 0 Å². The second kappa shape index (κ2) is 5.77. The number of nitrogen functional groups attached to an aromatic ring is 1. The maximum absolute atomic E-state index is 11.6. The van der Waals surface area contributed by atoms with Crippen LogP contribution in [0.2, 0.25) is 0 Å². The second-order valence-electron chi connectivity index (χ2n) is 4.64. The van der Waals surface area contributed by atoms with Gasteiger partial charge in [0.05, 0.1) is 12.8 Å². The van der Waals surface area contributed by atoms with E-state index in [2.05, 4.69) is 15.2 Å². The highest BCUT2D eigenvalue weighted by molar-refractivity contribution is 5.78. The molecule has 1 aliphatic rings. The monoisotopic (exact) mass is 264 g/mol. The molecule has 0 saturated carbocycles. The summed E-state index contributed by atoms with van der Waals surface area (Å²) in [6.45, 7) is 1.56. The van der Waals surface area contributed by atoms with Crippen LogP contribution in [0.25, 0.3) is 0 Å². The molecule has 1 saturated heterocycles. The van der Waals surface area contributed by atoms with Crippen molar-refractivity contribution in [1.29, 1.82) is 0 Å². The Labute approximate surface area is 112 Å². The van der Waals surface area contributed by atoms with Crippen molar-refractivity contribution >= 4 is 17.4 Å². The molecular formula is C13H20N4O2. The first kappa shape index (κ1) is 13.5. The third kappa shape index (κ3) is 2.89. The van der Waals surface area contributed by atoms with Crippen LogP contribution in [0, 0.1) is 5.92 Å². The summed E-state index contributed by atoms with van der Waals surface area (Å²) in [6.07, 6.45) is 1.63. The predicted octanol–water partition coefficient (Wildman–Crippen LogP) is 0.635. The quantitative estimate of drug-likeness (QED) is 0.837. The molecule has 0 spiro atoms. The number of amides is 1. The van der Waals surface area contributed by atoms with Crippen LogP contribution >= 0.6 is 0 Å². The Morgan fingerprint density at radius 2 is 2.16 bits per heavy atom. The maximum Gasteiger partial charge on any atom is 0.222 e. The van der Waals surface area contributed by atoms with E-state index in [-0.39, 0.29) is 11.8 Å². The van der Waals surface area contributed by atoms with E-state index in [1.807, 2.05) is 0 Å². The fourth-order valence-electron chi connectivity index (χ4n) is 2.37. The van der Waals surface area contributed by atoms with Crippen molar-refractivity contribution in [3.63, 3.8) is 0 Å². The first-order chi connectivity index (χ1) is 9.15. The smallest absolute Gasteiger partial charge is 0.222 e. The maximum atomic E-state index is 11.6. The lowest BCUT2D eigenvalue weighted by molar-refractivity contribution is -0.125. The summed E-state index contributed by atoms with van der Waals surface area (Å²) in [6, 6.07) is 3.54. The van der Waals surface area contributed by atoms with Crippen molar-refractivity contribution < 1.29 is 9.53 Å². The average molecular weight is 264 g/mol. The Balaban J connectivity index is 2.07. The molecule has 0 aliphatic carbocycles. The number of carbonyl (C=O) groups is 1. The van der Waals surface area contributed by atoms with Gasteiger partial charge in [0, 0.05) is 32.1 Å². The number of piperidine rings is 1. The van der Waals surface area contributed by atoms with E-state index in [0.717, 1.165) is 31.7 Å². The number of rotatable bonds is 3. The van der Waals surface area contributed by atoms with Crippen molar-refractivity contribution in [2.75, 3.05) is 37.9 Å². The molecule has 0 atom stereocenters. The molecule has 3 N–H and O–H groups in total. The van der Waals surface area contributed by atoms with Gasteiger partial charge in [-0.05, 0) is 18.9 Å². The van der Waals surface area contributed by atoms with Crippen LogP contribution in [0.3, 0.4) is 0 Å². The molecule has 6 heteroatoms. The molecule has 0 radical (unpaired) electrons. The van der Waals surface area contributed by atoms with E-state index in [1.165, 1.54) is 0 Å². The van der Waals surface area contributed by atoms with Crippen LogP contribution in [-0.2, 0) is 4.79 Å². The standard InChI is InChI=1S/C13H20N4O2/c1-15-13(18)9-5-7-17(8-6-9)12-10(14)3-4-11(16-12)19-2/h3-4,9H,5-8,14H2,1-2H3,(H,15,18). The lowest BCUT2D eigenvalue weighted by Gasteiger charge is -2.32. The summed E-state index contributed by atoms with van der Waals surface area (Å²) < 4.78 is 5.12. The van der Waals surface area contributed by atoms with Crippen molar-refractivity contribution in [2.45, 2.75) is 12.8 Å². The molecule has 6 nitrogen and oxygen atoms in total. The number of pyridine rings is 1. The summed E-state index contributed by atoms with van der Waals surface area (Å²) in [5.74, 6) is 1.51. The van der Waals surface area contributed by atoms with Gasteiger partial charge in [0.25, 0.3) is 0 Å². The zero-order valence-corrected chi connectivity index (χ0v) is 11.3. The first-order valence-corrected chi connectivity index (χ1v) is 6.42. The highest BCUT2D eigenvalue weighted by atomic mass is 16.5. The number of anilines is 2. The fraction of sp³-hybridized carbons (Fsp3) is 0.538. The van der Waals surface area contributed by atoms with Gasteiger partial charge in [-0.1, -0.05) is 0 Å². The molecule has 1 aliphatic heterocycles. The van der Waals surface area contributed by atoms with Gasteiger partial charge in [0.15, 0.2) is 5.82 Å². The minimum absolute atomic E-state index is 0.0908. The Morgan fingerprint density at radius 1 is 1.47 bits per heavy atom. The zero-order chi connectivity index (χ0) is 13.8. The normalized spacial score (nSPS) is 16.2. The summed E-state index contributed by atoms with van der Waals surface area (Å²) in [4.78, 5) is 18.1. The van der Waals surface area contributed by atoms with Crippen LogP contribution in [0.1, 0.15) is 12.8 Å². The molecule has 2 rings (SSSR count). The lowest BCUT2D eigenvalue weighted by atomic mass is 9.96. The zero-order valence-electron chi connectivity index (χ0n) is 11.3. The number of nitrogens with one attached hydrogen (secondary N) is 1. The number of nitrogens with zero attached hydrogens (tertiary/aromatic N) is 2. The Kier molecular flexibility index (Phi) is 4.09. The number of nitrogens with two attached hydrogens (primary N) is 1. The molecule has 1 aromatic rings. The van der Waals surface area contributed by atoms with Gasteiger partial charge < -0.3 is 20.7 Å². The third-order valence-electron chi connectivity index (χ3n) is 3.50. The summed E-state index contributed by atoms with van der Waals surface area (Å²) >= 11 is 0. The molecule has 2 heterocycles. The topological polar surface area (TPSA) is 80.5 Å². The first-order valence-electron chi connectivity index (χ1n) is 6.42. The van der Waals surface area contributed by atoms with E-state index < -0.39 is 0 Å². The van der Waals surface area contributed by atoms with Crippen molar-refractivity contribution in [2.24, 2.45) is 5.92 Å². The van der Waals surface area contributed by atoms with Crippen LogP contribution in [0.5, 0.6) is 5.88 Å². The minimum Gasteiger partial charge on any atom is -0.481 e.